The van der Waals surface area contributed by atoms with Crippen LogP contribution in [0.15, 0.2) is 0 Å². The summed E-state index contributed by atoms with van der Waals surface area (Å²) in [6.45, 7) is 5.90. The smallest absolute Gasteiger partial charge is 0.183 e. The van der Waals surface area contributed by atoms with Gasteiger partial charge in [0.1, 0.15) is 18.3 Å². The van der Waals surface area contributed by atoms with Gasteiger partial charge in [-0.25, -0.2) is 0 Å². The van der Waals surface area contributed by atoms with E-state index in [0.29, 0.717) is 6.42 Å². The van der Waals surface area contributed by atoms with Crippen molar-refractivity contribution < 1.29 is 25.2 Å². The highest BCUT2D eigenvalue weighted by molar-refractivity contribution is 4.90. The Kier molecular flexibility index (Phi) is 3.73. The van der Waals surface area contributed by atoms with Crippen LogP contribution in [0.3, 0.4) is 0 Å². The van der Waals surface area contributed by atoms with Crippen LogP contribution in [0.25, 0.3) is 0 Å². The summed E-state index contributed by atoms with van der Waals surface area (Å²) in [6.07, 6.45) is -5.57. The first-order chi connectivity index (χ1) is 6.72. The summed E-state index contributed by atoms with van der Waals surface area (Å²) >= 11 is 0. The van der Waals surface area contributed by atoms with Crippen molar-refractivity contribution in [3.05, 3.63) is 0 Å². The summed E-state index contributed by atoms with van der Waals surface area (Å²) in [6, 6.07) is 0. The quantitative estimate of drug-likeness (QED) is 0.465. The molecule has 1 aliphatic rings. The molecule has 5 heteroatoms. The first kappa shape index (κ1) is 12.9. The molecule has 90 valence electrons. The molecule has 1 aliphatic heterocycles. The van der Waals surface area contributed by atoms with Crippen LogP contribution in [0.4, 0.5) is 0 Å². The molecule has 1 heterocycles. The van der Waals surface area contributed by atoms with Crippen LogP contribution in [-0.2, 0) is 4.74 Å². The minimum atomic E-state index is -1.45. The molecule has 1 fully saturated rings. The predicted molar refractivity (Wildman–Crippen MR) is 53.0 cm³/mol. The van der Waals surface area contributed by atoms with Crippen LogP contribution in [0.5, 0.6) is 0 Å². The first-order valence-corrected chi connectivity index (χ1v) is 5.10. The van der Waals surface area contributed by atoms with E-state index in [9.17, 15) is 20.4 Å². The Balaban J connectivity index is 2.67. The lowest BCUT2D eigenvalue weighted by atomic mass is 9.84. The number of rotatable bonds is 1. The summed E-state index contributed by atoms with van der Waals surface area (Å²) in [5, 5.41) is 37.6. The van der Waals surface area contributed by atoms with E-state index in [-0.39, 0.29) is 5.41 Å². The normalized spacial score (nSPS) is 43.0. The molecule has 0 aliphatic carbocycles. The summed E-state index contributed by atoms with van der Waals surface area (Å²) in [7, 11) is 0. The van der Waals surface area contributed by atoms with Gasteiger partial charge in [-0.15, -0.1) is 0 Å². The van der Waals surface area contributed by atoms with Crippen molar-refractivity contribution in [2.75, 3.05) is 0 Å². The van der Waals surface area contributed by atoms with E-state index in [4.69, 9.17) is 4.74 Å². The highest BCUT2D eigenvalue weighted by Crippen LogP contribution is 2.29. The molecular formula is C10H20O5. The standard InChI is InChI=1S/C10H20O5/c1-10(2,3)4-5-6(11)7(12)8(13)9(14)15-5/h5-9,11-14H,4H2,1-3H3/t5-,6+,7+,8-,9+/m1/s1. The van der Waals surface area contributed by atoms with Gasteiger partial charge >= 0.3 is 0 Å². The second-order valence-electron chi connectivity index (χ2n) is 5.30. The van der Waals surface area contributed by atoms with E-state index in [1.807, 2.05) is 20.8 Å². The average Bonchev–Trinajstić information content (AvgIpc) is 2.08. The number of aliphatic hydroxyl groups excluding tert-OH is 4. The van der Waals surface area contributed by atoms with E-state index >= 15 is 0 Å². The molecule has 15 heavy (non-hydrogen) atoms. The summed E-state index contributed by atoms with van der Waals surface area (Å²) in [4.78, 5) is 0. The molecule has 0 radical (unpaired) electrons. The maximum atomic E-state index is 9.64. The number of hydrogen-bond donors (Lipinski definition) is 4. The molecule has 0 spiro atoms. The molecule has 0 amide bonds. The van der Waals surface area contributed by atoms with E-state index in [1.165, 1.54) is 0 Å². The summed E-state index contributed by atoms with van der Waals surface area (Å²) in [5.41, 5.74) is -0.0899. The SMILES string of the molecule is CC(C)(C)C[C@H]1O[C@H](O)[C@H](O)[C@@H](O)[C@H]1O. The van der Waals surface area contributed by atoms with E-state index in [2.05, 4.69) is 0 Å². The van der Waals surface area contributed by atoms with Gasteiger partial charge in [0.25, 0.3) is 0 Å². The van der Waals surface area contributed by atoms with E-state index < -0.39 is 30.7 Å². The third-order valence-electron chi connectivity index (χ3n) is 2.50. The van der Waals surface area contributed by atoms with Gasteiger partial charge in [-0.2, -0.15) is 0 Å². The van der Waals surface area contributed by atoms with Gasteiger partial charge in [-0.1, -0.05) is 20.8 Å². The predicted octanol–water partition coefficient (Wildman–Crippen LogP) is -0.778. The number of ether oxygens (including phenoxy) is 1. The lowest BCUT2D eigenvalue weighted by molar-refractivity contribution is -0.285. The first-order valence-electron chi connectivity index (χ1n) is 5.10. The Hall–Kier alpha value is -0.200. The zero-order chi connectivity index (χ0) is 11.8. The van der Waals surface area contributed by atoms with Crippen molar-refractivity contribution in [1.82, 2.24) is 0 Å². The maximum Gasteiger partial charge on any atom is 0.183 e. The molecule has 5 atom stereocenters. The molecule has 0 saturated carbocycles. The molecule has 0 unspecified atom stereocenters. The second-order valence-corrected chi connectivity index (χ2v) is 5.30. The zero-order valence-electron chi connectivity index (χ0n) is 9.29. The monoisotopic (exact) mass is 220 g/mol. The molecule has 4 N–H and O–H groups in total. The maximum absolute atomic E-state index is 9.64. The molecule has 0 aromatic carbocycles. The van der Waals surface area contributed by atoms with Crippen LogP contribution < -0.4 is 0 Å². The Labute approximate surface area is 89.3 Å². The fourth-order valence-electron chi connectivity index (χ4n) is 1.70. The third kappa shape index (κ3) is 3.12. The topological polar surface area (TPSA) is 90.2 Å². The molecule has 5 nitrogen and oxygen atoms in total. The average molecular weight is 220 g/mol. The van der Waals surface area contributed by atoms with Gasteiger partial charge in [-0.05, 0) is 11.8 Å². The fourth-order valence-corrected chi connectivity index (χ4v) is 1.70. The van der Waals surface area contributed by atoms with Crippen molar-refractivity contribution >= 4 is 0 Å². The van der Waals surface area contributed by atoms with Gasteiger partial charge in [0, 0.05) is 0 Å². The number of aliphatic hydroxyl groups is 4. The van der Waals surface area contributed by atoms with Gasteiger partial charge in [-0.3, -0.25) is 0 Å². The van der Waals surface area contributed by atoms with E-state index in [0.717, 1.165) is 0 Å². The van der Waals surface area contributed by atoms with Crippen molar-refractivity contribution in [2.24, 2.45) is 5.41 Å². The molecule has 0 aromatic rings. The zero-order valence-corrected chi connectivity index (χ0v) is 9.29. The molecule has 0 bridgehead atoms. The van der Waals surface area contributed by atoms with Crippen LogP contribution in [0.2, 0.25) is 0 Å². The van der Waals surface area contributed by atoms with Crippen LogP contribution >= 0.6 is 0 Å². The summed E-state index contributed by atoms with van der Waals surface area (Å²) < 4.78 is 5.05. The Morgan fingerprint density at radius 3 is 1.93 bits per heavy atom. The molecular weight excluding hydrogens is 200 g/mol. The van der Waals surface area contributed by atoms with Gasteiger partial charge in [0.05, 0.1) is 6.10 Å². The lowest BCUT2D eigenvalue weighted by Gasteiger charge is -2.40. The van der Waals surface area contributed by atoms with Crippen LogP contribution in [-0.4, -0.2) is 51.1 Å². The van der Waals surface area contributed by atoms with Gasteiger partial charge < -0.3 is 25.2 Å². The van der Waals surface area contributed by atoms with Crippen LogP contribution in [0, 0.1) is 5.41 Å². The Bertz CT molecular complexity index is 212. The Morgan fingerprint density at radius 1 is 0.933 bits per heavy atom. The second kappa shape index (κ2) is 4.35. The number of hydrogen-bond acceptors (Lipinski definition) is 5. The molecule has 0 aromatic heterocycles. The highest BCUT2D eigenvalue weighted by Gasteiger charge is 2.43. The van der Waals surface area contributed by atoms with Gasteiger partial charge in [0.2, 0.25) is 0 Å². The van der Waals surface area contributed by atoms with Crippen LogP contribution in [0.1, 0.15) is 27.2 Å². The third-order valence-corrected chi connectivity index (χ3v) is 2.50. The minimum Gasteiger partial charge on any atom is -0.388 e. The molecule has 1 saturated heterocycles. The van der Waals surface area contributed by atoms with Crippen molar-refractivity contribution in [3.63, 3.8) is 0 Å². The minimum absolute atomic E-state index is 0.0899. The lowest BCUT2D eigenvalue weighted by Crippen LogP contribution is -2.58. The highest BCUT2D eigenvalue weighted by atomic mass is 16.6. The largest absolute Gasteiger partial charge is 0.388 e. The summed E-state index contributed by atoms with van der Waals surface area (Å²) in [5.74, 6) is 0. The van der Waals surface area contributed by atoms with Crippen molar-refractivity contribution in [1.29, 1.82) is 0 Å². The van der Waals surface area contributed by atoms with Crippen molar-refractivity contribution in [3.8, 4) is 0 Å². The molecule has 1 rings (SSSR count). The van der Waals surface area contributed by atoms with Gasteiger partial charge in [0.15, 0.2) is 6.29 Å². The Morgan fingerprint density at radius 2 is 1.47 bits per heavy atom. The van der Waals surface area contributed by atoms with Crippen molar-refractivity contribution in [2.45, 2.75) is 57.9 Å². The van der Waals surface area contributed by atoms with E-state index in [1.54, 1.807) is 0 Å². The fraction of sp³-hybridized carbons (Fsp3) is 1.00.